The molecule has 3 N–H and O–H groups in total. The first-order valence-electron chi connectivity index (χ1n) is 10.5. The fourth-order valence-corrected chi connectivity index (χ4v) is 4.12. The molecule has 9 nitrogen and oxygen atoms in total. The summed E-state index contributed by atoms with van der Waals surface area (Å²) in [6, 6.07) is 10.1. The van der Waals surface area contributed by atoms with Gasteiger partial charge in [-0.2, -0.15) is 0 Å². The highest BCUT2D eigenvalue weighted by molar-refractivity contribution is 6.01. The number of aromatic nitrogens is 1. The van der Waals surface area contributed by atoms with Crippen molar-refractivity contribution in [2.75, 3.05) is 24.3 Å². The van der Waals surface area contributed by atoms with Gasteiger partial charge in [-0.15, -0.1) is 0 Å². The van der Waals surface area contributed by atoms with Gasteiger partial charge in [-0.05, 0) is 36.4 Å². The Morgan fingerprint density at radius 3 is 2.21 bits per heavy atom. The summed E-state index contributed by atoms with van der Waals surface area (Å²) in [5.74, 6) is -1.21. The number of amides is 3. The summed E-state index contributed by atoms with van der Waals surface area (Å²) in [5, 5.41) is 6.20. The summed E-state index contributed by atoms with van der Waals surface area (Å²) in [4.78, 5) is 53.5. The SMILES string of the molecule is COC(=O)c1ccc2[nH]c3c(c2c1)CN(C(=O)c1cc(NC(C)=O)cc(NC(C)=O)c1)CC3. The number of H-pyrrole nitrogens is 1. The summed E-state index contributed by atoms with van der Waals surface area (Å²) >= 11 is 0. The second-order valence-corrected chi connectivity index (χ2v) is 7.97. The molecule has 9 heteroatoms. The summed E-state index contributed by atoms with van der Waals surface area (Å²) in [6.07, 6.45) is 0.632. The van der Waals surface area contributed by atoms with Gasteiger partial charge in [0.25, 0.3) is 5.91 Å². The van der Waals surface area contributed by atoms with Crippen LogP contribution in [0.5, 0.6) is 0 Å². The molecule has 33 heavy (non-hydrogen) atoms. The molecule has 0 bridgehead atoms. The molecule has 0 saturated carbocycles. The highest BCUT2D eigenvalue weighted by Gasteiger charge is 2.26. The molecule has 0 fully saturated rings. The van der Waals surface area contributed by atoms with Gasteiger partial charge in [-0.3, -0.25) is 14.4 Å². The number of carbonyl (C=O) groups excluding carboxylic acids is 4. The maximum absolute atomic E-state index is 13.4. The van der Waals surface area contributed by atoms with Gasteiger partial charge >= 0.3 is 5.97 Å². The standard InChI is InChI=1S/C24H24N4O5/c1-13(29)25-17-8-16(9-18(11-17)26-14(2)30)23(31)28-7-6-22-20(12-28)19-10-15(24(32)33-3)4-5-21(19)27-22/h4-5,8-11,27H,6-7,12H2,1-3H3,(H,25,29)(H,26,30). The first-order valence-corrected chi connectivity index (χ1v) is 10.5. The van der Waals surface area contributed by atoms with E-state index < -0.39 is 5.97 Å². The molecule has 170 valence electrons. The number of aromatic amines is 1. The molecule has 0 unspecified atom stereocenters. The number of methoxy groups -OCH3 is 1. The Morgan fingerprint density at radius 2 is 1.61 bits per heavy atom. The second-order valence-electron chi connectivity index (χ2n) is 7.97. The molecular formula is C24H24N4O5. The molecule has 0 aliphatic carbocycles. The molecule has 0 spiro atoms. The van der Waals surface area contributed by atoms with E-state index in [0.29, 0.717) is 42.0 Å². The monoisotopic (exact) mass is 448 g/mol. The smallest absolute Gasteiger partial charge is 0.337 e. The lowest BCUT2D eigenvalue weighted by atomic mass is 10.0. The van der Waals surface area contributed by atoms with Crippen LogP contribution in [0.15, 0.2) is 36.4 Å². The van der Waals surface area contributed by atoms with Crippen LogP contribution in [0.4, 0.5) is 11.4 Å². The van der Waals surface area contributed by atoms with Crippen LogP contribution in [0.25, 0.3) is 10.9 Å². The average Bonchev–Trinajstić information content (AvgIpc) is 3.14. The first kappa shape index (κ1) is 22.1. The maximum Gasteiger partial charge on any atom is 0.337 e. The highest BCUT2D eigenvalue weighted by Crippen LogP contribution is 2.30. The lowest BCUT2D eigenvalue weighted by Gasteiger charge is -2.27. The molecule has 0 radical (unpaired) electrons. The van der Waals surface area contributed by atoms with E-state index in [-0.39, 0.29) is 17.7 Å². The number of hydrogen-bond donors (Lipinski definition) is 3. The summed E-state index contributed by atoms with van der Waals surface area (Å²) in [7, 11) is 1.34. The third kappa shape index (κ3) is 4.57. The minimum absolute atomic E-state index is 0.224. The zero-order valence-corrected chi connectivity index (χ0v) is 18.6. The van der Waals surface area contributed by atoms with Crippen LogP contribution in [0.1, 0.15) is 45.8 Å². The fourth-order valence-electron chi connectivity index (χ4n) is 4.12. The largest absolute Gasteiger partial charge is 0.465 e. The van der Waals surface area contributed by atoms with Gasteiger partial charge in [0, 0.05) is 72.5 Å². The van der Waals surface area contributed by atoms with E-state index in [1.807, 2.05) is 6.07 Å². The lowest BCUT2D eigenvalue weighted by Crippen LogP contribution is -2.35. The van der Waals surface area contributed by atoms with Crippen LogP contribution in [0.3, 0.4) is 0 Å². The van der Waals surface area contributed by atoms with E-state index in [0.717, 1.165) is 22.2 Å². The number of rotatable bonds is 4. The summed E-state index contributed by atoms with van der Waals surface area (Å²) < 4.78 is 4.83. The number of nitrogens with one attached hydrogen (secondary N) is 3. The minimum atomic E-state index is -0.420. The van der Waals surface area contributed by atoms with Crippen molar-refractivity contribution in [3.63, 3.8) is 0 Å². The zero-order chi connectivity index (χ0) is 23.7. The number of ether oxygens (including phenoxy) is 1. The van der Waals surface area contributed by atoms with Crippen LogP contribution in [-0.4, -0.2) is 47.2 Å². The molecular weight excluding hydrogens is 424 g/mol. The third-order valence-corrected chi connectivity index (χ3v) is 5.50. The van der Waals surface area contributed by atoms with Crippen LogP contribution in [0, 0.1) is 0 Å². The Hall–Kier alpha value is -4.14. The van der Waals surface area contributed by atoms with Gasteiger partial charge in [0.15, 0.2) is 0 Å². The van der Waals surface area contributed by atoms with Gasteiger partial charge in [0.05, 0.1) is 12.7 Å². The van der Waals surface area contributed by atoms with Crippen LogP contribution < -0.4 is 10.6 Å². The molecule has 1 aliphatic rings. The third-order valence-electron chi connectivity index (χ3n) is 5.50. The number of hydrogen-bond acceptors (Lipinski definition) is 5. The number of carbonyl (C=O) groups is 4. The Bertz CT molecular complexity index is 1260. The van der Waals surface area contributed by atoms with Crippen molar-refractivity contribution in [2.45, 2.75) is 26.8 Å². The molecule has 2 aromatic carbocycles. The molecule has 3 aromatic rings. The van der Waals surface area contributed by atoms with Crippen molar-refractivity contribution in [3.05, 3.63) is 58.8 Å². The van der Waals surface area contributed by atoms with E-state index in [1.165, 1.54) is 21.0 Å². The first-order chi connectivity index (χ1) is 15.7. The number of esters is 1. The van der Waals surface area contributed by atoms with Gasteiger partial charge in [-0.25, -0.2) is 4.79 Å². The predicted molar refractivity (Wildman–Crippen MR) is 123 cm³/mol. The van der Waals surface area contributed by atoms with Gasteiger partial charge in [0.1, 0.15) is 0 Å². The topological polar surface area (TPSA) is 121 Å². The van der Waals surface area contributed by atoms with Crippen LogP contribution in [0.2, 0.25) is 0 Å². The number of fused-ring (bicyclic) bond motifs is 3. The average molecular weight is 448 g/mol. The van der Waals surface area contributed by atoms with Gasteiger partial charge < -0.3 is 25.3 Å². The van der Waals surface area contributed by atoms with Crippen molar-refractivity contribution >= 4 is 46.0 Å². The van der Waals surface area contributed by atoms with Crippen molar-refractivity contribution in [1.29, 1.82) is 0 Å². The van der Waals surface area contributed by atoms with E-state index in [9.17, 15) is 19.2 Å². The molecule has 0 saturated heterocycles. The summed E-state index contributed by atoms with van der Waals surface area (Å²) in [6.45, 7) is 3.61. The van der Waals surface area contributed by atoms with Crippen molar-refractivity contribution in [2.24, 2.45) is 0 Å². The maximum atomic E-state index is 13.4. The quantitative estimate of drug-likeness (QED) is 0.530. The second kappa shape index (κ2) is 8.78. The molecule has 3 amide bonds. The van der Waals surface area contributed by atoms with E-state index >= 15 is 0 Å². The Kier molecular flexibility index (Phi) is 5.87. The van der Waals surface area contributed by atoms with Crippen molar-refractivity contribution in [1.82, 2.24) is 9.88 Å². The van der Waals surface area contributed by atoms with Crippen LogP contribution in [-0.2, 0) is 27.3 Å². The molecule has 2 heterocycles. The molecule has 0 atom stereocenters. The van der Waals surface area contributed by atoms with Crippen molar-refractivity contribution < 1.29 is 23.9 Å². The lowest BCUT2D eigenvalue weighted by molar-refractivity contribution is -0.115. The Morgan fingerprint density at radius 1 is 0.939 bits per heavy atom. The number of benzene rings is 2. The highest BCUT2D eigenvalue weighted by atomic mass is 16.5. The molecule has 1 aromatic heterocycles. The Balaban J connectivity index is 1.66. The van der Waals surface area contributed by atoms with Crippen LogP contribution >= 0.6 is 0 Å². The zero-order valence-electron chi connectivity index (χ0n) is 18.6. The van der Waals surface area contributed by atoms with E-state index in [4.69, 9.17) is 4.74 Å². The van der Waals surface area contributed by atoms with Gasteiger partial charge in [-0.1, -0.05) is 0 Å². The van der Waals surface area contributed by atoms with Crippen molar-refractivity contribution in [3.8, 4) is 0 Å². The van der Waals surface area contributed by atoms with E-state index in [1.54, 1.807) is 35.2 Å². The normalized spacial score (nSPS) is 12.8. The summed E-state index contributed by atoms with van der Waals surface area (Å²) in [5.41, 5.74) is 4.51. The fraction of sp³-hybridized carbons (Fsp3) is 0.250. The molecule has 1 aliphatic heterocycles. The minimum Gasteiger partial charge on any atom is -0.465 e. The van der Waals surface area contributed by atoms with E-state index in [2.05, 4.69) is 15.6 Å². The Labute approximate surface area is 190 Å². The number of anilines is 2. The predicted octanol–water partition coefficient (Wildman–Crippen LogP) is 3.07. The number of nitrogens with zero attached hydrogens (tertiary/aromatic N) is 1. The van der Waals surface area contributed by atoms with Gasteiger partial charge in [0.2, 0.25) is 11.8 Å². The molecule has 4 rings (SSSR count).